The number of para-hydroxylation sites is 1. The maximum absolute atomic E-state index is 13.5. The van der Waals surface area contributed by atoms with Crippen molar-refractivity contribution < 1.29 is 24.2 Å². The highest BCUT2D eigenvalue weighted by Crippen LogP contribution is 2.41. The maximum Gasteiger partial charge on any atom is 0.341 e. The first-order valence-electron chi connectivity index (χ1n) is 14.8. The van der Waals surface area contributed by atoms with Gasteiger partial charge in [-0.05, 0) is 85.0 Å². The van der Waals surface area contributed by atoms with Crippen molar-refractivity contribution >= 4 is 35.1 Å². The molecule has 4 aromatic carbocycles. The average molecular weight is 633 g/mol. The molecule has 8 heteroatoms. The lowest BCUT2D eigenvalue weighted by atomic mass is 9.96. The third kappa shape index (κ3) is 8.85. The van der Waals surface area contributed by atoms with Gasteiger partial charge in [0.2, 0.25) is 0 Å². The predicted octanol–water partition coefficient (Wildman–Crippen LogP) is 8.34. The van der Waals surface area contributed by atoms with Crippen molar-refractivity contribution in [2.45, 2.75) is 38.1 Å². The molecule has 1 fully saturated rings. The fourth-order valence-corrected chi connectivity index (χ4v) is 5.67. The Kier molecular flexibility index (Phi) is 10.9. The summed E-state index contributed by atoms with van der Waals surface area (Å²) in [5, 5.41) is 13.4. The molecule has 1 amide bonds. The number of carbonyl (C=O) groups excluding carboxylic acids is 1. The van der Waals surface area contributed by atoms with Crippen LogP contribution in [-0.2, 0) is 16.0 Å². The lowest BCUT2D eigenvalue weighted by molar-refractivity contribution is -0.139. The van der Waals surface area contributed by atoms with Crippen LogP contribution in [-0.4, -0.2) is 42.8 Å². The number of carboxylic acid groups (broad SMARTS) is 1. The van der Waals surface area contributed by atoms with Gasteiger partial charge in [-0.2, -0.15) is 0 Å². The summed E-state index contributed by atoms with van der Waals surface area (Å²) in [5.74, 6) is -0.584. The van der Waals surface area contributed by atoms with Gasteiger partial charge in [0, 0.05) is 33.3 Å². The number of carboxylic acids is 1. The fraction of sp³-hybridized carbons (Fsp3) is 0.278. The first-order valence-corrected chi connectivity index (χ1v) is 15.6. The van der Waals surface area contributed by atoms with E-state index < -0.39 is 12.6 Å². The summed E-state index contributed by atoms with van der Waals surface area (Å²) in [6.07, 6.45) is 5.15. The molecular weight excluding hydrogens is 597 g/mol. The van der Waals surface area contributed by atoms with Crippen LogP contribution in [0.1, 0.15) is 41.6 Å². The minimum atomic E-state index is -1.10. The summed E-state index contributed by atoms with van der Waals surface area (Å²) in [6.45, 7) is 0.577. The van der Waals surface area contributed by atoms with Gasteiger partial charge >= 0.3 is 5.97 Å². The quantitative estimate of drug-likeness (QED) is 0.129. The van der Waals surface area contributed by atoms with Gasteiger partial charge in [0.15, 0.2) is 6.61 Å². The van der Waals surface area contributed by atoms with E-state index in [1.54, 1.807) is 30.3 Å². The number of hydrogen-bond donors (Lipinski definition) is 2. The third-order valence-electron chi connectivity index (χ3n) is 7.61. The number of carbonyl (C=O) groups is 2. The minimum absolute atomic E-state index is 0.0836. The molecule has 1 atom stereocenters. The normalized spacial score (nSPS) is 13.3. The molecule has 0 aliphatic heterocycles. The van der Waals surface area contributed by atoms with Crippen molar-refractivity contribution in [3.63, 3.8) is 0 Å². The standard InChI is InChI=1S/C36H35Cl2NO5/c37-29-12-6-11-26(19-29)31-13-7-14-32(35(31)44-23-34(40)41)27-18-28(21-30(38)20-27)36(42)39-33(25-15-16-25)22-43-17-5-4-10-24-8-2-1-3-9-24/h1-3,6-9,11-14,18-21,25,33H,4-5,10,15-17,22-23H2,(H,39,42)(H,40,41). The molecule has 1 aliphatic carbocycles. The Morgan fingerprint density at radius 1 is 0.841 bits per heavy atom. The number of amides is 1. The molecule has 1 saturated carbocycles. The van der Waals surface area contributed by atoms with Crippen LogP contribution in [0.5, 0.6) is 5.75 Å². The van der Waals surface area contributed by atoms with Crippen molar-refractivity contribution in [3.8, 4) is 28.0 Å². The van der Waals surface area contributed by atoms with Crippen molar-refractivity contribution in [1.29, 1.82) is 0 Å². The van der Waals surface area contributed by atoms with E-state index in [-0.39, 0.29) is 11.9 Å². The van der Waals surface area contributed by atoms with Gasteiger partial charge in [-0.1, -0.05) is 83.9 Å². The molecule has 2 N–H and O–H groups in total. The Balaban J connectivity index is 1.29. The molecule has 5 rings (SSSR count). The fourth-order valence-electron chi connectivity index (χ4n) is 5.25. The third-order valence-corrected chi connectivity index (χ3v) is 8.07. The summed E-state index contributed by atoms with van der Waals surface area (Å²) < 4.78 is 11.8. The second-order valence-corrected chi connectivity index (χ2v) is 11.9. The molecule has 4 aromatic rings. The zero-order valence-electron chi connectivity index (χ0n) is 24.3. The number of ether oxygens (including phenoxy) is 2. The summed E-state index contributed by atoms with van der Waals surface area (Å²) in [7, 11) is 0. The number of aliphatic carboxylic acids is 1. The van der Waals surface area contributed by atoms with Gasteiger partial charge in [0.1, 0.15) is 5.75 Å². The first-order chi connectivity index (χ1) is 21.4. The molecule has 0 aromatic heterocycles. The largest absolute Gasteiger partial charge is 0.481 e. The summed E-state index contributed by atoms with van der Waals surface area (Å²) >= 11 is 12.8. The van der Waals surface area contributed by atoms with Crippen LogP contribution in [0.3, 0.4) is 0 Å². The number of aryl methyl sites for hydroxylation is 1. The van der Waals surface area contributed by atoms with E-state index in [1.807, 2.05) is 36.4 Å². The maximum atomic E-state index is 13.5. The smallest absolute Gasteiger partial charge is 0.341 e. The van der Waals surface area contributed by atoms with Crippen LogP contribution in [0.2, 0.25) is 10.0 Å². The molecule has 228 valence electrons. The molecule has 0 saturated heterocycles. The Morgan fingerprint density at radius 2 is 1.57 bits per heavy atom. The van der Waals surface area contributed by atoms with Gasteiger partial charge in [0.05, 0.1) is 12.6 Å². The zero-order chi connectivity index (χ0) is 30.9. The SMILES string of the molecule is O=C(O)COc1c(-c2cccc(Cl)c2)cccc1-c1cc(Cl)cc(C(=O)NC(COCCCCc2ccccc2)C2CC2)c1. The summed E-state index contributed by atoms with van der Waals surface area (Å²) in [5.41, 5.74) is 4.41. The zero-order valence-corrected chi connectivity index (χ0v) is 25.8. The summed E-state index contributed by atoms with van der Waals surface area (Å²) in [6, 6.07) is 28.2. The van der Waals surface area contributed by atoms with Gasteiger partial charge in [-0.15, -0.1) is 0 Å². The van der Waals surface area contributed by atoms with Crippen molar-refractivity contribution in [2.24, 2.45) is 5.92 Å². The van der Waals surface area contributed by atoms with E-state index >= 15 is 0 Å². The van der Waals surface area contributed by atoms with Crippen LogP contribution >= 0.6 is 23.2 Å². The summed E-state index contributed by atoms with van der Waals surface area (Å²) in [4.78, 5) is 24.9. The molecule has 0 heterocycles. The predicted molar refractivity (Wildman–Crippen MR) is 175 cm³/mol. The van der Waals surface area contributed by atoms with Crippen LogP contribution in [0.25, 0.3) is 22.3 Å². The number of nitrogens with one attached hydrogen (secondary N) is 1. The van der Waals surface area contributed by atoms with E-state index in [1.165, 1.54) is 5.56 Å². The Labute approximate surface area is 267 Å². The molecule has 1 unspecified atom stereocenters. The minimum Gasteiger partial charge on any atom is -0.481 e. The van der Waals surface area contributed by atoms with Gasteiger partial charge < -0.3 is 19.9 Å². The van der Waals surface area contributed by atoms with Gasteiger partial charge in [-0.25, -0.2) is 4.79 Å². The number of benzene rings is 4. The van der Waals surface area contributed by atoms with Gasteiger partial charge in [0.25, 0.3) is 5.91 Å². The topological polar surface area (TPSA) is 84.9 Å². The monoisotopic (exact) mass is 631 g/mol. The van der Waals surface area contributed by atoms with Crippen LogP contribution in [0.4, 0.5) is 0 Å². The first kappa shape index (κ1) is 31.6. The lowest BCUT2D eigenvalue weighted by Gasteiger charge is -2.20. The highest BCUT2D eigenvalue weighted by Gasteiger charge is 2.32. The van der Waals surface area contributed by atoms with Gasteiger partial charge in [-0.3, -0.25) is 4.79 Å². The van der Waals surface area contributed by atoms with E-state index in [0.29, 0.717) is 57.2 Å². The van der Waals surface area contributed by atoms with E-state index in [0.717, 1.165) is 37.7 Å². The van der Waals surface area contributed by atoms with Crippen LogP contribution < -0.4 is 10.1 Å². The second-order valence-electron chi connectivity index (χ2n) is 11.0. The number of rotatable bonds is 15. The molecule has 6 nitrogen and oxygen atoms in total. The average Bonchev–Trinajstić information content (AvgIpc) is 3.87. The highest BCUT2D eigenvalue weighted by molar-refractivity contribution is 6.31. The number of unbranched alkanes of at least 4 members (excludes halogenated alkanes) is 1. The Morgan fingerprint density at radius 3 is 2.30 bits per heavy atom. The number of hydrogen-bond acceptors (Lipinski definition) is 4. The van der Waals surface area contributed by atoms with Crippen LogP contribution in [0.15, 0.2) is 91.0 Å². The van der Waals surface area contributed by atoms with Crippen molar-refractivity contribution in [3.05, 3.63) is 112 Å². The molecule has 44 heavy (non-hydrogen) atoms. The van der Waals surface area contributed by atoms with E-state index in [9.17, 15) is 14.7 Å². The molecule has 1 aliphatic rings. The molecule has 0 bridgehead atoms. The molecule has 0 radical (unpaired) electrons. The molecule has 0 spiro atoms. The lowest BCUT2D eigenvalue weighted by Crippen LogP contribution is -2.40. The Hall–Kier alpha value is -3.84. The van der Waals surface area contributed by atoms with Crippen molar-refractivity contribution in [1.82, 2.24) is 5.32 Å². The van der Waals surface area contributed by atoms with Crippen molar-refractivity contribution in [2.75, 3.05) is 19.8 Å². The highest BCUT2D eigenvalue weighted by atomic mass is 35.5. The molecular formula is C36H35Cl2NO5. The van der Waals surface area contributed by atoms with Crippen LogP contribution in [0, 0.1) is 5.92 Å². The number of halogens is 2. The second kappa shape index (κ2) is 15.2. The Bertz CT molecular complexity index is 1590. The van der Waals surface area contributed by atoms with E-state index in [2.05, 4.69) is 29.6 Å². The van der Waals surface area contributed by atoms with E-state index in [4.69, 9.17) is 32.7 Å².